The number of anilines is 2. The van der Waals surface area contributed by atoms with Gasteiger partial charge in [0.1, 0.15) is 0 Å². The zero-order chi connectivity index (χ0) is 14.5. The van der Waals surface area contributed by atoms with E-state index in [9.17, 15) is 10.1 Å². The number of likely N-dealkylation sites (tertiary alicyclic amines) is 1. The van der Waals surface area contributed by atoms with Crippen molar-refractivity contribution >= 4 is 33.0 Å². The molecule has 0 amide bonds. The van der Waals surface area contributed by atoms with E-state index in [0.29, 0.717) is 15.8 Å². The summed E-state index contributed by atoms with van der Waals surface area (Å²) in [6, 6.07) is 2.90. The Morgan fingerprint density at radius 2 is 2.05 bits per heavy atom. The molecule has 1 aromatic carbocycles. The number of hydrogen-bond acceptors (Lipinski definition) is 5. The Bertz CT molecular complexity index is 490. The van der Waals surface area contributed by atoms with E-state index in [0.717, 1.165) is 26.2 Å². The van der Waals surface area contributed by atoms with Crippen LogP contribution in [0, 0.1) is 10.1 Å². The summed E-state index contributed by atoms with van der Waals surface area (Å²) in [5.41, 5.74) is 7.08. The molecule has 0 aliphatic carbocycles. The van der Waals surface area contributed by atoms with Gasteiger partial charge in [0.25, 0.3) is 5.69 Å². The number of nitrogens with two attached hydrogens (primary N) is 1. The number of hydrogen-bond donors (Lipinski definition) is 2. The Morgan fingerprint density at radius 1 is 1.35 bits per heavy atom. The van der Waals surface area contributed by atoms with E-state index >= 15 is 0 Å². The van der Waals surface area contributed by atoms with Gasteiger partial charge in [-0.3, -0.25) is 10.1 Å². The largest absolute Gasteiger partial charge is 0.396 e. The first-order valence-electron chi connectivity index (χ1n) is 6.77. The highest BCUT2D eigenvalue weighted by atomic mass is 79.9. The van der Waals surface area contributed by atoms with Crippen molar-refractivity contribution in [2.45, 2.75) is 19.3 Å². The molecule has 6 nitrogen and oxygen atoms in total. The number of nitrogens with zero attached hydrogens (tertiary/aromatic N) is 2. The van der Waals surface area contributed by atoms with Crippen molar-refractivity contribution in [3.8, 4) is 0 Å². The average Bonchev–Trinajstić information content (AvgIpc) is 2.44. The SMILES string of the molecule is Nc1c(Br)cc([N+](=O)[O-])cc1NCCN1CCCCC1. The summed E-state index contributed by atoms with van der Waals surface area (Å²) < 4.78 is 0.548. The molecule has 3 N–H and O–H groups in total. The molecular weight excluding hydrogens is 324 g/mol. The van der Waals surface area contributed by atoms with Crippen molar-refractivity contribution in [2.75, 3.05) is 37.2 Å². The highest BCUT2D eigenvalue weighted by molar-refractivity contribution is 9.10. The third-order valence-electron chi connectivity index (χ3n) is 3.52. The number of nitrogen functional groups attached to an aromatic ring is 1. The molecule has 1 fully saturated rings. The van der Waals surface area contributed by atoms with Crippen LogP contribution in [0.25, 0.3) is 0 Å². The Labute approximate surface area is 126 Å². The van der Waals surface area contributed by atoms with Crippen LogP contribution < -0.4 is 11.1 Å². The fourth-order valence-corrected chi connectivity index (χ4v) is 2.84. The number of piperidine rings is 1. The first-order valence-corrected chi connectivity index (χ1v) is 7.57. The number of nitro groups is 1. The summed E-state index contributed by atoms with van der Waals surface area (Å²) in [5.74, 6) is 0. The minimum absolute atomic E-state index is 0.0338. The van der Waals surface area contributed by atoms with Crippen molar-refractivity contribution < 1.29 is 4.92 Å². The minimum Gasteiger partial charge on any atom is -0.396 e. The van der Waals surface area contributed by atoms with Crippen LogP contribution in [0.5, 0.6) is 0 Å². The molecule has 0 radical (unpaired) electrons. The predicted molar refractivity (Wildman–Crippen MR) is 84.0 cm³/mol. The molecule has 1 aromatic rings. The minimum atomic E-state index is -0.417. The van der Waals surface area contributed by atoms with Crippen molar-refractivity contribution in [3.05, 3.63) is 26.7 Å². The van der Waals surface area contributed by atoms with Crippen molar-refractivity contribution in [1.29, 1.82) is 0 Å². The highest BCUT2D eigenvalue weighted by Gasteiger charge is 2.14. The second-order valence-corrected chi connectivity index (χ2v) is 5.83. The molecule has 110 valence electrons. The van der Waals surface area contributed by atoms with Crippen molar-refractivity contribution in [3.63, 3.8) is 0 Å². The van der Waals surface area contributed by atoms with Gasteiger partial charge in [-0.05, 0) is 41.9 Å². The first kappa shape index (κ1) is 15.1. The number of non-ortho nitro benzene ring substituents is 1. The molecule has 1 heterocycles. The topological polar surface area (TPSA) is 84.4 Å². The van der Waals surface area contributed by atoms with E-state index < -0.39 is 4.92 Å². The molecule has 0 saturated carbocycles. The zero-order valence-corrected chi connectivity index (χ0v) is 12.9. The molecule has 1 aliphatic rings. The molecule has 20 heavy (non-hydrogen) atoms. The number of nitro benzene ring substituents is 1. The standard InChI is InChI=1S/C13H19BrN4O2/c14-11-8-10(18(19)20)9-12(13(11)15)16-4-7-17-5-2-1-3-6-17/h8-9,16H,1-7,15H2. The van der Waals surface area contributed by atoms with Crippen molar-refractivity contribution in [1.82, 2.24) is 4.90 Å². The molecule has 2 rings (SSSR count). The number of nitrogens with one attached hydrogen (secondary N) is 1. The lowest BCUT2D eigenvalue weighted by Gasteiger charge is -2.26. The Kier molecular flexibility index (Phi) is 5.19. The highest BCUT2D eigenvalue weighted by Crippen LogP contribution is 2.32. The van der Waals surface area contributed by atoms with Crippen LogP contribution in [0.15, 0.2) is 16.6 Å². The van der Waals surface area contributed by atoms with Gasteiger partial charge < -0.3 is 16.0 Å². The summed E-state index contributed by atoms with van der Waals surface area (Å²) in [6.07, 6.45) is 3.82. The van der Waals surface area contributed by atoms with Crippen LogP contribution in [0.4, 0.5) is 17.1 Å². The van der Waals surface area contributed by atoms with E-state index in [4.69, 9.17) is 5.73 Å². The van der Waals surface area contributed by atoms with Gasteiger partial charge in [-0.25, -0.2) is 0 Å². The normalized spacial score (nSPS) is 16.1. The molecule has 0 aromatic heterocycles. The first-order chi connectivity index (χ1) is 9.58. The molecule has 1 aliphatic heterocycles. The maximum atomic E-state index is 10.8. The van der Waals surface area contributed by atoms with Crippen LogP contribution >= 0.6 is 15.9 Å². The van der Waals surface area contributed by atoms with Gasteiger partial charge in [-0.1, -0.05) is 6.42 Å². The van der Waals surface area contributed by atoms with Gasteiger partial charge in [0.2, 0.25) is 0 Å². The van der Waals surface area contributed by atoms with E-state index in [1.807, 2.05) is 0 Å². The van der Waals surface area contributed by atoms with E-state index in [1.54, 1.807) is 0 Å². The van der Waals surface area contributed by atoms with Crippen LogP contribution in [0.3, 0.4) is 0 Å². The predicted octanol–water partition coefficient (Wildman–Crippen LogP) is 2.84. The Morgan fingerprint density at radius 3 is 2.70 bits per heavy atom. The molecular formula is C13H19BrN4O2. The Hall–Kier alpha value is -1.34. The van der Waals surface area contributed by atoms with E-state index in [2.05, 4.69) is 26.1 Å². The number of benzene rings is 1. The fourth-order valence-electron chi connectivity index (χ4n) is 2.39. The van der Waals surface area contributed by atoms with Crippen LogP contribution in [-0.2, 0) is 0 Å². The molecule has 7 heteroatoms. The fraction of sp³-hybridized carbons (Fsp3) is 0.538. The van der Waals surface area contributed by atoms with Gasteiger partial charge in [0.05, 0.1) is 16.3 Å². The monoisotopic (exact) mass is 342 g/mol. The molecule has 1 saturated heterocycles. The van der Waals surface area contributed by atoms with Crippen LogP contribution in [-0.4, -0.2) is 36.0 Å². The summed E-state index contributed by atoms with van der Waals surface area (Å²) in [7, 11) is 0. The second kappa shape index (κ2) is 6.90. The van der Waals surface area contributed by atoms with E-state index in [1.165, 1.54) is 31.4 Å². The summed E-state index contributed by atoms with van der Waals surface area (Å²) in [5, 5.41) is 14.0. The molecule has 0 unspecified atom stereocenters. The molecule has 0 spiro atoms. The summed E-state index contributed by atoms with van der Waals surface area (Å²) >= 11 is 3.25. The van der Waals surface area contributed by atoms with Gasteiger partial charge in [-0.15, -0.1) is 0 Å². The number of rotatable bonds is 5. The van der Waals surface area contributed by atoms with Gasteiger partial charge >= 0.3 is 0 Å². The third kappa shape index (κ3) is 3.83. The van der Waals surface area contributed by atoms with E-state index in [-0.39, 0.29) is 5.69 Å². The molecule has 0 bridgehead atoms. The number of halogens is 1. The van der Waals surface area contributed by atoms with Gasteiger partial charge in [0.15, 0.2) is 0 Å². The lowest BCUT2D eigenvalue weighted by molar-refractivity contribution is -0.384. The molecule has 0 atom stereocenters. The maximum Gasteiger partial charge on any atom is 0.272 e. The lowest BCUT2D eigenvalue weighted by atomic mass is 10.1. The van der Waals surface area contributed by atoms with Gasteiger partial charge in [0, 0.05) is 29.7 Å². The third-order valence-corrected chi connectivity index (χ3v) is 4.17. The van der Waals surface area contributed by atoms with Crippen LogP contribution in [0.1, 0.15) is 19.3 Å². The zero-order valence-electron chi connectivity index (χ0n) is 11.3. The Balaban J connectivity index is 1.96. The summed E-state index contributed by atoms with van der Waals surface area (Å²) in [4.78, 5) is 12.8. The maximum absolute atomic E-state index is 10.8. The summed E-state index contributed by atoms with van der Waals surface area (Å²) in [6.45, 7) is 3.93. The second-order valence-electron chi connectivity index (χ2n) is 4.98. The quantitative estimate of drug-likeness (QED) is 0.488. The average molecular weight is 343 g/mol. The van der Waals surface area contributed by atoms with Gasteiger partial charge in [-0.2, -0.15) is 0 Å². The van der Waals surface area contributed by atoms with Crippen LogP contribution in [0.2, 0.25) is 0 Å². The smallest absolute Gasteiger partial charge is 0.272 e. The lowest BCUT2D eigenvalue weighted by Crippen LogP contribution is -2.33. The van der Waals surface area contributed by atoms with Crippen molar-refractivity contribution in [2.24, 2.45) is 0 Å².